The average molecular weight is 191 g/mol. The van der Waals surface area contributed by atoms with Gasteiger partial charge in [0.2, 0.25) is 0 Å². The third kappa shape index (κ3) is 2.58. The molecule has 0 fully saturated rings. The number of hydrogen-bond donors (Lipinski definition) is 1. The van der Waals surface area contributed by atoms with Gasteiger partial charge in [0.05, 0.1) is 0 Å². The number of rotatable bonds is 3. The van der Waals surface area contributed by atoms with Crippen molar-refractivity contribution in [3.8, 4) is 0 Å². The fourth-order valence-corrected chi connectivity index (χ4v) is 1.67. The molecule has 1 heteroatoms. The van der Waals surface area contributed by atoms with Crippen molar-refractivity contribution in [2.75, 3.05) is 0 Å². The van der Waals surface area contributed by atoms with Crippen molar-refractivity contribution >= 4 is 0 Å². The monoisotopic (exact) mass is 191 g/mol. The molecule has 0 heterocycles. The first-order chi connectivity index (χ1) is 6.52. The molecule has 1 aromatic rings. The van der Waals surface area contributed by atoms with E-state index in [-0.39, 0.29) is 6.04 Å². The van der Waals surface area contributed by atoms with Crippen molar-refractivity contribution in [3.63, 3.8) is 0 Å². The first-order valence-corrected chi connectivity index (χ1v) is 5.34. The standard InChI is InChI=1S/C13H21N/c1-9(2)13(14)11(4)12-7-5-10(3)6-8-12/h5-9,11,13H,14H2,1-4H3. The molecule has 0 bridgehead atoms. The molecule has 1 nitrogen and oxygen atoms in total. The number of hydrogen-bond acceptors (Lipinski definition) is 1. The van der Waals surface area contributed by atoms with E-state index < -0.39 is 0 Å². The van der Waals surface area contributed by atoms with E-state index in [4.69, 9.17) is 5.73 Å². The summed E-state index contributed by atoms with van der Waals surface area (Å²) in [6.45, 7) is 8.66. The predicted octanol–water partition coefficient (Wildman–Crippen LogP) is 3.08. The summed E-state index contributed by atoms with van der Waals surface area (Å²) < 4.78 is 0. The maximum Gasteiger partial charge on any atom is 0.0128 e. The van der Waals surface area contributed by atoms with Crippen LogP contribution >= 0.6 is 0 Å². The second kappa shape index (κ2) is 4.61. The van der Waals surface area contributed by atoms with Gasteiger partial charge in [-0.15, -0.1) is 0 Å². The molecule has 0 saturated carbocycles. The highest BCUT2D eigenvalue weighted by Crippen LogP contribution is 2.22. The van der Waals surface area contributed by atoms with E-state index in [0.717, 1.165) is 0 Å². The molecule has 0 amide bonds. The van der Waals surface area contributed by atoms with Gasteiger partial charge in [0.25, 0.3) is 0 Å². The summed E-state index contributed by atoms with van der Waals surface area (Å²) >= 11 is 0. The normalized spacial score (nSPS) is 15.6. The van der Waals surface area contributed by atoms with Gasteiger partial charge >= 0.3 is 0 Å². The molecule has 1 aromatic carbocycles. The SMILES string of the molecule is Cc1ccc(C(C)C(N)C(C)C)cc1. The Morgan fingerprint density at radius 2 is 1.50 bits per heavy atom. The second-order valence-electron chi connectivity index (χ2n) is 4.52. The molecular formula is C13H21N. The van der Waals surface area contributed by atoms with Crippen molar-refractivity contribution in [2.45, 2.75) is 39.7 Å². The molecule has 0 spiro atoms. The smallest absolute Gasteiger partial charge is 0.0128 e. The first-order valence-electron chi connectivity index (χ1n) is 5.34. The average Bonchev–Trinajstić information content (AvgIpc) is 2.16. The molecular weight excluding hydrogens is 170 g/mol. The van der Waals surface area contributed by atoms with Crippen LogP contribution in [0.15, 0.2) is 24.3 Å². The van der Waals surface area contributed by atoms with Gasteiger partial charge in [-0.3, -0.25) is 0 Å². The van der Waals surface area contributed by atoms with Gasteiger partial charge in [-0.1, -0.05) is 50.6 Å². The molecule has 78 valence electrons. The summed E-state index contributed by atoms with van der Waals surface area (Å²) in [4.78, 5) is 0. The van der Waals surface area contributed by atoms with Crippen LogP contribution in [0.3, 0.4) is 0 Å². The third-order valence-electron chi connectivity index (χ3n) is 2.95. The van der Waals surface area contributed by atoms with Gasteiger partial charge in [-0.25, -0.2) is 0 Å². The quantitative estimate of drug-likeness (QED) is 0.780. The Hall–Kier alpha value is -0.820. The van der Waals surface area contributed by atoms with Crippen LogP contribution in [0, 0.1) is 12.8 Å². The number of benzene rings is 1. The van der Waals surface area contributed by atoms with E-state index in [1.54, 1.807) is 0 Å². The number of nitrogens with two attached hydrogens (primary N) is 1. The molecule has 0 aliphatic heterocycles. The lowest BCUT2D eigenvalue weighted by atomic mass is 9.87. The molecule has 2 unspecified atom stereocenters. The second-order valence-corrected chi connectivity index (χ2v) is 4.52. The van der Waals surface area contributed by atoms with E-state index >= 15 is 0 Å². The van der Waals surface area contributed by atoms with Gasteiger partial charge < -0.3 is 5.73 Å². The maximum atomic E-state index is 6.13. The summed E-state index contributed by atoms with van der Waals surface area (Å²) in [5.74, 6) is 0.974. The number of aryl methyl sites for hydroxylation is 1. The molecule has 0 saturated heterocycles. The molecule has 2 N–H and O–H groups in total. The van der Waals surface area contributed by atoms with E-state index in [2.05, 4.69) is 52.0 Å². The summed E-state index contributed by atoms with van der Waals surface area (Å²) in [6, 6.07) is 8.92. The fourth-order valence-electron chi connectivity index (χ4n) is 1.67. The Morgan fingerprint density at radius 1 is 1.00 bits per heavy atom. The lowest BCUT2D eigenvalue weighted by Crippen LogP contribution is -2.32. The third-order valence-corrected chi connectivity index (χ3v) is 2.95. The Labute approximate surface area is 87.3 Å². The van der Waals surface area contributed by atoms with Crippen LogP contribution in [0.25, 0.3) is 0 Å². The zero-order valence-electron chi connectivity index (χ0n) is 9.62. The molecule has 0 radical (unpaired) electrons. The lowest BCUT2D eigenvalue weighted by molar-refractivity contribution is 0.434. The van der Waals surface area contributed by atoms with Crippen LogP contribution < -0.4 is 5.73 Å². The maximum absolute atomic E-state index is 6.13. The predicted molar refractivity (Wildman–Crippen MR) is 62.4 cm³/mol. The van der Waals surface area contributed by atoms with Crippen molar-refractivity contribution < 1.29 is 0 Å². The highest BCUT2D eigenvalue weighted by Gasteiger charge is 2.17. The topological polar surface area (TPSA) is 26.0 Å². The first kappa shape index (κ1) is 11.3. The van der Waals surface area contributed by atoms with E-state index in [9.17, 15) is 0 Å². The van der Waals surface area contributed by atoms with Crippen molar-refractivity contribution in [2.24, 2.45) is 11.7 Å². The minimum atomic E-state index is 0.248. The molecule has 1 rings (SSSR count). The van der Waals surface area contributed by atoms with Crippen molar-refractivity contribution in [1.82, 2.24) is 0 Å². The zero-order valence-corrected chi connectivity index (χ0v) is 9.62. The van der Waals surface area contributed by atoms with Crippen LogP contribution in [-0.2, 0) is 0 Å². The Morgan fingerprint density at radius 3 is 1.93 bits per heavy atom. The molecule has 0 aromatic heterocycles. The summed E-state index contributed by atoms with van der Waals surface area (Å²) in [6.07, 6.45) is 0. The minimum absolute atomic E-state index is 0.248. The lowest BCUT2D eigenvalue weighted by Gasteiger charge is -2.23. The minimum Gasteiger partial charge on any atom is -0.327 e. The largest absolute Gasteiger partial charge is 0.327 e. The van der Waals surface area contributed by atoms with Gasteiger partial charge in [0.1, 0.15) is 0 Å². The molecule has 14 heavy (non-hydrogen) atoms. The fraction of sp³-hybridized carbons (Fsp3) is 0.538. The van der Waals surface area contributed by atoms with Gasteiger partial charge in [0.15, 0.2) is 0 Å². The zero-order chi connectivity index (χ0) is 10.7. The Kier molecular flexibility index (Phi) is 3.70. The van der Waals surface area contributed by atoms with E-state index in [0.29, 0.717) is 11.8 Å². The van der Waals surface area contributed by atoms with E-state index in [1.165, 1.54) is 11.1 Å². The molecule has 2 atom stereocenters. The van der Waals surface area contributed by atoms with Crippen LogP contribution in [0.4, 0.5) is 0 Å². The Bertz CT molecular complexity index is 274. The van der Waals surface area contributed by atoms with Crippen molar-refractivity contribution in [1.29, 1.82) is 0 Å². The van der Waals surface area contributed by atoms with Gasteiger partial charge in [-0.2, -0.15) is 0 Å². The highest BCUT2D eigenvalue weighted by molar-refractivity contribution is 5.25. The highest BCUT2D eigenvalue weighted by atomic mass is 14.7. The molecule has 0 aliphatic carbocycles. The Balaban J connectivity index is 2.78. The summed E-state index contributed by atoms with van der Waals surface area (Å²) in [5, 5.41) is 0. The van der Waals surface area contributed by atoms with Crippen LogP contribution in [0.1, 0.15) is 37.8 Å². The summed E-state index contributed by atoms with van der Waals surface area (Å²) in [7, 11) is 0. The van der Waals surface area contributed by atoms with Crippen LogP contribution in [0.2, 0.25) is 0 Å². The van der Waals surface area contributed by atoms with Crippen LogP contribution in [0.5, 0.6) is 0 Å². The molecule has 0 aliphatic rings. The summed E-state index contributed by atoms with van der Waals surface area (Å²) in [5.41, 5.74) is 8.78. The van der Waals surface area contributed by atoms with Crippen LogP contribution in [-0.4, -0.2) is 6.04 Å². The van der Waals surface area contributed by atoms with Gasteiger partial charge in [-0.05, 0) is 24.3 Å². The van der Waals surface area contributed by atoms with E-state index in [1.807, 2.05) is 0 Å². The van der Waals surface area contributed by atoms with Gasteiger partial charge in [0, 0.05) is 6.04 Å². The van der Waals surface area contributed by atoms with Crippen molar-refractivity contribution in [3.05, 3.63) is 35.4 Å².